The van der Waals surface area contributed by atoms with Crippen LogP contribution in [-0.4, -0.2) is 27.5 Å². The first-order valence-electron chi connectivity index (χ1n) is 8.11. The third-order valence-corrected chi connectivity index (χ3v) is 4.80. The Morgan fingerprint density at radius 2 is 2.24 bits per heavy atom. The van der Waals surface area contributed by atoms with Gasteiger partial charge in [0, 0.05) is 18.9 Å². The zero-order valence-electron chi connectivity index (χ0n) is 12.2. The smallest absolute Gasteiger partial charge is 0.229 e. The fraction of sp³-hybridized carbons (Fsp3) is 0.688. The van der Waals surface area contributed by atoms with Gasteiger partial charge in [0.2, 0.25) is 11.8 Å². The van der Waals surface area contributed by atoms with Crippen LogP contribution in [0.3, 0.4) is 0 Å². The van der Waals surface area contributed by atoms with Crippen LogP contribution in [0.5, 0.6) is 0 Å². The highest BCUT2D eigenvalue weighted by molar-refractivity contribution is 5.77. The van der Waals surface area contributed by atoms with Crippen molar-refractivity contribution in [2.75, 3.05) is 6.54 Å². The van der Waals surface area contributed by atoms with Gasteiger partial charge in [0.25, 0.3) is 0 Å². The summed E-state index contributed by atoms with van der Waals surface area (Å²) in [6, 6.07) is 0.0270. The Balaban J connectivity index is 1.45. The van der Waals surface area contributed by atoms with E-state index in [0.29, 0.717) is 24.1 Å². The lowest BCUT2D eigenvalue weighted by molar-refractivity contribution is -0.133. The molecule has 21 heavy (non-hydrogen) atoms. The van der Waals surface area contributed by atoms with E-state index in [2.05, 4.69) is 22.3 Å². The number of hydrogen-bond acceptors (Lipinski definition) is 4. The summed E-state index contributed by atoms with van der Waals surface area (Å²) in [7, 11) is 0. The molecule has 1 saturated carbocycles. The second kappa shape index (κ2) is 5.28. The molecule has 5 heteroatoms. The van der Waals surface area contributed by atoms with Gasteiger partial charge in [0.15, 0.2) is 5.82 Å². The summed E-state index contributed by atoms with van der Waals surface area (Å²) in [4.78, 5) is 19.0. The Kier molecular flexibility index (Phi) is 3.28. The second-order valence-electron chi connectivity index (χ2n) is 6.48. The van der Waals surface area contributed by atoms with E-state index in [1.165, 1.54) is 0 Å². The van der Waals surface area contributed by atoms with Crippen molar-refractivity contribution < 1.29 is 9.32 Å². The van der Waals surface area contributed by atoms with Crippen LogP contribution >= 0.6 is 0 Å². The molecule has 1 saturated heterocycles. The van der Waals surface area contributed by atoms with Crippen molar-refractivity contribution in [1.82, 2.24) is 15.0 Å². The number of carbonyl (C=O) groups is 1. The molecule has 3 aliphatic rings. The highest BCUT2D eigenvalue weighted by Gasteiger charge is 2.36. The van der Waals surface area contributed by atoms with Crippen LogP contribution in [0.15, 0.2) is 16.7 Å². The van der Waals surface area contributed by atoms with Crippen molar-refractivity contribution in [2.24, 2.45) is 5.92 Å². The third-order valence-electron chi connectivity index (χ3n) is 4.80. The van der Waals surface area contributed by atoms with E-state index in [4.69, 9.17) is 4.52 Å². The maximum absolute atomic E-state index is 12.5. The fourth-order valence-electron chi connectivity index (χ4n) is 3.42. The van der Waals surface area contributed by atoms with E-state index >= 15 is 0 Å². The number of nitrogens with zero attached hydrogens (tertiary/aromatic N) is 3. The zero-order chi connectivity index (χ0) is 14.2. The van der Waals surface area contributed by atoms with E-state index < -0.39 is 0 Å². The van der Waals surface area contributed by atoms with Gasteiger partial charge in [0.1, 0.15) is 0 Å². The average Bonchev–Trinajstić information content (AvgIpc) is 2.94. The van der Waals surface area contributed by atoms with Gasteiger partial charge < -0.3 is 9.42 Å². The Bertz CT molecular complexity index is 562. The van der Waals surface area contributed by atoms with Crippen molar-refractivity contribution >= 4 is 5.91 Å². The molecule has 2 atom stereocenters. The molecule has 0 spiro atoms. The van der Waals surface area contributed by atoms with Crippen LogP contribution in [0.2, 0.25) is 0 Å². The molecule has 0 bridgehead atoms. The first-order valence-corrected chi connectivity index (χ1v) is 8.11. The number of allylic oxidation sites excluding steroid dienone is 2. The maximum atomic E-state index is 12.5. The molecule has 0 N–H and O–H groups in total. The first kappa shape index (κ1) is 13.0. The number of carbonyl (C=O) groups excluding carboxylic acids is 1. The van der Waals surface area contributed by atoms with Crippen molar-refractivity contribution in [3.8, 4) is 0 Å². The molecule has 112 valence electrons. The molecule has 2 heterocycles. The SMILES string of the molecule is O=C(C[C@@H]1C=CCC1)N1CCC[C@@H]1c1noc(C2CC2)n1. The summed E-state index contributed by atoms with van der Waals surface area (Å²) in [5.41, 5.74) is 0. The number of aromatic nitrogens is 2. The van der Waals surface area contributed by atoms with E-state index in [0.717, 1.165) is 51.0 Å². The zero-order valence-corrected chi connectivity index (χ0v) is 12.2. The number of rotatable bonds is 4. The molecular formula is C16H21N3O2. The molecule has 0 aromatic carbocycles. The van der Waals surface area contributed by atoms with Crippen LogP contribution in [0.1, 0.15) is 68.6 Å². The predicted molar refractivity (Wildman–Crippen MR) is 76.4 cm³/mol. The van der Waals surface area contributed by atoms with Crippen LogP contribution in [-0.2, 0) is 4.79 Å². The van der Waals surface area contributed by atoms with Gasteiger partial charge in [-0.3, -0.25) is 4.79 Å². The lowest BCUT2D eigenvalue weighted by Crippen LogP contribution is -2.32. The Morgan fingerprint density at radius 3 is 3.00 bits per heavy atom. The number of likely N-dealkylation sites (tertiary alicyclic amines) is 1. The van der Waals surface area contributed by atoms with Gasteiger partial charge in [-0.05, 0) is 44.4 Å². The average molecular weight is 287 g/mol. The van der Waals surface area contributed by atoms with E-state index in [1.807, 2.05) is 4.90 Å². The fourth-order valence-corrected chi connectivity index (χ4v) is 3.42. The van der Waals surface area contributed by atoms with Crippen LogP contribution in [0, 0.1) is 5.92 Å². The summed E-state index contributed by atoms with van der Waals surface area (Å²) in [6.45, 7) is 0.827. The van der Waals surface area contributed by atoms with Crippen molar-refractivity contribution in [1.29, 1.82) is 0 Å². The van der Waals surface area contributed by atoms with Gasteiger partial charge >= 0.3 is 0 Å². The summed E-state index contributed by atoms with van der Waals surface area (Å²) in [5.74, 6) is 2.62. The minimum atomic E-state index is 0.0270. The molecule has 1 amide bonds. The van der Waals surface area contributed by atoms with Crippen LogP contribution in [0.4, 0.5) is 0 Å². The highest BCUT2D eigenvalue weighted by Crippen LogP contribution is 2.40. The molecule has 1 aromatic rings. The molecule has 1 aliphatic heterocycles. The molecule has 2 fully saturated rings. The van der Waals surface area contributed by atoms with Crippen molar-refractivity contribution in [3.05, 3.63) is 23.9 Å². The van der Waals surface area contributed by atoms with Gasteiger partial charge in [-0.15, -0.1) is 0 Å². The van der Waals surface area contributed by atoms with Gasteiger partial charge in [-0.25, -0.2) is 0 Å². The third kappa shape index (κ3) is 2.61. The maximum Gasteiger partial charge on any atom is 0.229 e. The van der Waals surface area contributed by atoms with Gasteiger partial charge in [-0.2, -0.15) is 4.98 Å². The molecule has 1 aromatic heterocycles. The van der Waals surface area contributed by atoms with Crippen LogP contribution in [0.25, 0.3) is 0 Å². The molecule has 4 rings (SSSR count). The first-order chi connectivity index (χ1) is 10.3. The standard InChI is InChI=1S/C16H21N3O2/c20-14(10-11-4-1-2-5-11)19-9-3-6-13(19)15-17-16(21-18-15)12-7-8-12/h1,4,11-13H,2-3,5-10H2/t11-,13-/m1/s1. The van der Waals surface area contributed by atoms with E-state index in [9.17, 15) is 4.79 Å². The molecule has 0 radical (unpaired) electrons. The minimum Gasteiger partial charge on any atom is -0.339 e. The molecule has 5 nitrogen and oxygen atoms in total. The summed E-state index contributed by atoms with van der Waals surface area (Å²) >= 11 is 0. The summed E-state index contributed by atoms with van der Waals surface area (Å²) < 4.78 is 5.35. The summed E-state index contributed by atoms with van der Waals surface area (Å²) in [6.07, 6.45) is 11.5. The Morgan fingerprint density at radius 1 is 1.33 bits per heavy atom. The largest absolute Gasteiger partial charge is 0.339 e. The number of amides is 1. The lowest BCUT2D eigenvalue weighted by Gasteiger charge is -2.23. The normalized spacial score (nSPS) is 28.5. The van der Waals surface area contributed by atoms with Crippen molar-refractivity contribution in [3.63, 3.8) is 0 Å². The van der Waals surface area contributed by atoms with E-state index in [-0.39, 0.29) is 11.9 Å². The molecule has 0 unspecified atom stereocenters. The van der Waals surface area contributed by atoms with Crippen LogP contribution < -0.4 is 0 Å². The predicted octanol–water partition coefficient (Wildman–Crippen LogP) is 2.97. The Labute approximate surface area is 124 Å². The van der Waals surface area contributed by atoms with Crippen molar-refractivity contribution in [2.45, 2.75) is 56.9 Å². The van der Waals surface area contributed by atoms with Gasteiger partial charge in [-0.1, -0.05) is 17.3 Å². The topological polar surface area (TPSA) is 59.2 Å². The lowest BCUT2D eigenvalue weighted by atomic mass is 10.0. The quantitative estimate of drug-likeness (QED) is 0.799. The Hall–Kier alpha value is -1.65. The van der Waals surface area contributed by atoms with Gasteiger partial charge in [0.05, 0.1) is 6.04 Å². The second-order valence-corrected chi connectivity index (χ2v) is 6.48. The van der Waals surface area contributed by atoms with E-state index in [1.54, 1.807) is 0 Å². The summed E-state index contributed by atoms with van der Waals surface area (Å²) in [5, 5.41) is 4.13. The number of hydrogen-bond donors (Lipinski definition) is 0. The monoisotopic (exact) mass is 287 g/mol. The molecule has 2 aliphatic carbocycles. The molecular weight excluding hydrogens is 266 g/mol. The minimum absolute atomic E-state index is 0.0270. The highest BCUT2D eigenvalue weighted by atomic mass is 16.5.